The van der Waals surface area contributed by atoms with Crippen molar-refractivity contribution in [3.63, 3.8) is 0 Å². The van der Waals surface area contributed by atoms with Crippen molar-refractivity contribution in [2.75, 3.05) is 11.9 Å². The van der Waals surface area contributed by atoms with Crippen molar-refractivity contribution >= 4 is 29.3 Å². The van der Waals surface area contributed by atoms with Crippen LogP contribution in [0.15, 0.2) is 64.4 Å². The predicted molar refractivity (Wildman–Crippen MR) is 98.6 cm³/mol. The van der Waals surface area contributed by atoms with E-state index < -0.39 is 0 Å². The number of ether oxygens (including phenoxy) is 1. The molecule has 3 rings (SSSR count). The Morgan fingerprint density at radius 3 is 2.44 bits per heavy atom. The third kappa shape index (κ3) is 5.10. The number of nitrogens with one attached hydrogen (secondary N) is 1. The molecular weight excluding hydrogens is 334 g/mol. The van der Waals surface area contributed by atoms with Crippen LogP contribution in [0.25, 0.3) is 0 Å². The number of para-hydroxylation sites is 1. The molecule has 0 radical (unpaired) electrons. The topological polar surface area (TPSA) is 55.4 Å². The molecule has 2 aromatic rings. The second-order valence-electron chi connectivity index (χ2n) is 6.05. The smallest absolute Gasteiger partial charge is 0.309 e. The van der Waals surface area contributed by atoms with Gasteiger partial charge < -0.3 is 10.1 Å². The Morgan fingerprint density at radius 2 is 1.68 bits per heavy atom. The number of carbonyl (C=O) groups excluding carboxylic acids is 2. The maximum absolute atomic E-state index is 12.1. The Balaban J connectivity index is 1.56. The van der Waals surface area contributed by atoms with Gasteiger partial charge in [-0.25, -0.2) is 0 Å². The molecule has 1 amide bonds. The van der Waals surface area contributed by atoms with Gasteiger partial charge >= 0.3 is 5.97 Å². The predicted octanol–water partition coefficient (Wildman–Crippen LogP) is 4.51. The molecule has 0 unspecified atom stereocenters. The van der Waals surface area contributed by atoms with E-state index in [9.17, 15) is 9.59 Å². The molecule has 0 saturated heterocycles. The zero-order chi connectivity index (χ0) is 17.5. The first-order valence-electron chi connectivity index (χ1n) is 8.51. The van der Waals surface area contributed by atoms with Crippen LogP contribution in [0, 0.1) is 5.92 Å². The molecule has 1 aliphatic rings. The number of anilines is 1. The average Bonchev–Trinajstić information content (AvgIpc) is 3.17. The van der Waals surface area contributed by atoms with Gasteiger partial charge in [-0.2, -0.15) is 0 Å². The third-order valence-electron chi connectivity index (χ3n) is 4.17. The van der Waals surface area contributed by atoms with E-state index in [-0.39, 0.29) is 24.4 Å². The summed E-state index contributed by atoms with van der Waals surface area (Å²) >= 11 is 1.58. The Bertz CT molecular complexity index is 727. The van der Waals surface area contributed by atoms with E-state index >= 15 is 0 Å². The lowest BCUT2D eigenvalue weighted by Crippen LogP contribution is -2.24. The van der Waals surface area contributed by atoms with Gasteiger partial charge in [0.05, 0.1) is 11.6 Å². The molecule has 5 heteroatoms. The molecule has 1 aliphatic carbocycles. The van der Waals surface area contributed by atoms with Gasteiger partial charge in [0.2, 0.25) is 0 Å². The summed E-state index contributed by atoms with van der Waals surface area (Å²) in [6.45, 7) is -0.236. The normalized spacial score (nSPS) is 14.2. The van der Waals surface area contributed by atoms with E-state index in [1.165, 1.54) is 0 Å². The molecule has 1 saturated carbocycles. The standard InChI is InChI=1S/C20H21NO3S/c22-19(14-24-20(23)15-8-4-5-9-15)21-17-12-6-7-13-18(17)25-16-10-2-1-3-11-16/h1-3,6-7,10-13,15H,4-5,8-9,14H2,(H,21,22). The fourth-order valence-corrected chi connectivity index (χ4v) is 3.80. The van der Waals surface area contributed by atoms with E-state index in [4.69, 9.17) is 4.74 Å². The van der Waals surface area contributed by atoms with Crippen LogP contribution in [0.4, 0.5) is 5.69 Å². The summed E-state index contributed by atoms with van der Waals surface area (Å²) < 4.78 is 5.16. The maximum atomic E-state index is 12.1. The van der Waals surface area contributed by atoms with Gasteiger partial charge in [-0.1, -0.05) is 54.9 Å². The number of esters is 1. The van der Waals surface area contributed by atoms with E-state index in [1.54, 1.807) is 11.8 Å². The summed E-state index contributed by atoms with van der Waals surface area (Å²) in [5.74, 6) is -0.597. The summed E-state index contributed by atoms with van der Waals surface area (Å²) in [6.07, 6.45) is 3.88. The molecule has 4 nitrogen and oxygen atoms in total. The third-order valence-corrected chi connectivity index (χ3v) is 5.25. The lowest BCUT2D eigenvalue weighted by Gasteiger charge is -2.12. The minimum Gasteiger partial charge on any atom is -0.455 e. The summed E-state index contributed by atoms with van der Waals surface area (Å²) in [6, 6.07) is 17.6. The Labute approximate surface area is 152 Å². The van der Waals surface area contributed by atoms with Crippen LogP contribution in [0.3, 0.4) is 0 Å². The molecule has 2 aromatic carbocycles. The minimum absolute atomic E-state index is 0.0336. The largest absolute Gasteiger partial charge is 0.455 e. The number of carbonyl (C=O) groups is 2. The molecule has 0 bridgehead atoms. The summed E-state index contributed by atoms with van der Waals surface area (Å²) in [5, 5.41) is 2.84. The summed E-state index contributed by atoms with van der Waals surface area (Å²) in [7, 11) is 0. The van der Waals surface area contributed by atoms with Gasteiger partial charge in [0.25, 0.3) is 5.91 Å². The molecule has 0 heterocycles. The van der Waals surface area contributed by atoms with E-state index in [1.807, 2.05) is 54.6 Å². The fourth-order valence-electron chi connectivity index (χ4n) is 2.88. The number of benzene rings is 2. The number of hydrogen-bond donors (Lipinski definition) is 1. The molecule has 130 valence electrons. The molecule has 0 aliphatic heterocycles. The first-order chi connectivity index (χ1) is 12.2. The molecule has 25 heavy (non-hydrogen) atoms. The van der Waals surface area contributed by atoms with Gasteiger partial charge in [0.1, 0.15) is 0 Å². The van der Waals surface area contributed by atoms with Crippen LogP contribution >= 0.6 is 11.8 Å². The van der Waals surface area contributed by atoms with E-state index in [0.717, 1.165) is 41.2 Å². The van der Waals surface area contributed by atoms with Crippen LogP contribution in [0.1, 0.15) is 25.7 Å². The Hall–Kier alpha value is -2.27. The zero-order valence-corrected chi connectivity index (χ0v) is 14.8. The Morgan fingerprint density at radius 1 is 1.00 bits per heavy atom. The van der Waals surface area contributed by atoms with Gasteiger partial charge in [0.15, 0.2) is 6.61 Å². The van der Waals surface area contributed by atoms with Gasteiger partial charge in [-0.05, 0) is 37.1 Å². The van der Waals surface area contributed by atoms with Crippen molar-refractivity contribution in [1.82, 2.24) is 0 Å². The van der Waals surface area contributed by atoms with Crippen molar-refractivity contribution in [3.05, 3.63) is 54.6 Å². The number of amides is 1. The molecular formula is C20H21NO3S. The highest BCUT2D eigenvalue weighted by Gasteiger charge is 2.24. The van der Waals surface area contributed by atoms with Crippen molar-refractivity contribution in [3.8, 4) is 0 Å². The highest BCUT2D eigenvalue weighted by molar-refractivity contribution is 7.99. The van der Waals surface area contributed by atoms with Crippen LogP contribution in [-0.2, 0) is 14.3 Å². The molecule has 0 aromatic heterocycles. The van der Waals surface area contributed by atoms with E-state index in [0.29, 0.717) is 0 Å². The highest BCUT2D eigenvalue weighted by Crippen LogP contribution is 2.33. The van der Waals surface area contributed by atoms with Crippen molar-refractivity contribution in [2.24, 2.45) is 5.92 Å². The van der Waals surface area contributed by atoms with Crippen LogP contribution in [0.2, 0.25) is 0 Å². The number of hydrogen-bond acceptors (Lipinski definition) is 4. The van der Waals surface area contributed by atoms with Crippen LogP contribution in [0.5, 0.6) is 0 Å². The summed E-state index contributed by atoms with van der Waals surface area (Å²) in [5.41, 5.74) is 0.721. The van der Waals surface area contributed by atoms with Crippen LogP contribution < -0.4 is 5.32 Å². The lowest BCUT2D eigenvalue weighted by molar-refractivity contribution is -0.151. The molecule has 0 spiro atoms. The van der Waals surface area contributed by atoms with Gasteiger partial charge in [-0.3, -0.25) is 9.59 Å². The first kappa shape index (κ1) is 17.5. The maximum Gasteiger partial charge on any atom is 0.309 e. The zero-order valence-electron chi connectivity index (χ0n) is 13.9. The average molecular weight is 355 g/mol. The minimum atomic E-state index is -0.313. The second-order valence-corrected chi connectivity index (χ2v) is 7.16. The van der Waals surface area contributed by atoms with Crippen LogP contribution in [-0.4, -0.2) is 18.5 Å². The van der Waals surface area contributed by atoms with Gasteiger partial charge in [-0.15, -0.1) is 0 Å². The van der Waals surface area contributed by atoms with Crippen molar-refractivity contribution < 1.29 is 14.3 Å². The summed E-state index contributed by atoms with van der Waals surface area (Å²) in [4.78, 5) is 26.1. The Kier molecular flexibility index (Phi) is 6.12. The fraction of sp³-hybridized carbons (Fsp3) is 0.300. The second kappa shape index (κ2) is 8.72. The van der Waals surface area contributed by atoms with Crippen molar-refractivity contribution in [2.45, 2.75) is 35.5 Å². The highest BCUT2D eigenvalue weighted by atomic mass is 32.2. The quantitative estimate of drug-likeness (QED) is 0.775. The molecule has 1 N–H and O–H groups in total. The van der Waals surface area contributed by atoms with Crippen molar-refractivity contribution in [1.29, 1.82) is 0 Å². The lowest BCUT2D eigenvalue weighted by atomic mass is 10.1. The van der Waals surface area contributed by atoms with E-state index in [2.05, 4.69) is 5.32 Å². The van der Waals surface area contributed by atoms with Gasteiger partial charge in [0, 0.05) is 9.79 Å². The first-order valence-corrected chi connectivity index (χ1v) is 9.32. The number of rotatable bonds is 6. The molecule has 1 fully saturated rings. The monoisotopic (exact) mass is 355 g/mol. The molecule has 0 atom stereocenters. The SMILES string of the molecule is O=C(COC(=O)C1CCCC1)Nc1ccccc1Sc1ccccc1.